The van der Waals surface area contributed by atoms with Crippen LogP contribution in [0.5, 0.6) is 5.75 Å². The third-order valence-electron chi connectivity index (χ3n) is 2.66. The summed E-state index contributed by atoms with van der Waals surface area (Å²) in [5.74, 6) is -1.26. The van der Waals surface area contributed by atoms with Gasteiger partial charge in [0.05, 0.1) is 17.8 Å². The van der Waals surface area contributed by atoms with E-state index in [1.165, 1.54) is 4.90 Å². The van der Waals surface area contributed by atoms with Crippen molar-refractivity contribution in [2.24, 2.45) is 0 Å². The Hall–Kier alpha value is -2.43. The molecule has 1 aromatic heterocycles. The molecule has 1 heterocycles. The average molecular weight is 260 g/mol. The van der Waals surface area contributed by atoms with E-state index in [4.69, 9.17) is 0 Å². The predicted octanol–water partition coefficient (Wildman–Crippen LogP) is 2.20. The zero-order valence-corrected chi connectivity index (χ0v) is 10.4. The molecule has 1 amide bonds. The van der Waals surface area contributed by atoms with Crippen LogP contribution in [0.2, 0.25) is 0 Å². The fraction of sp³-hybridized carbons (Fsp3) is 0.143. The lowest BCUT2D eigenvalue weighted by Crippen LogP contribution is -2.26. The Morgan fingerprint density at radius 2 is 2.16 bits per heavy atom. The fourth-order valence-corrected chi connectivity index (χ4v) is 1.69. The molecule has 0 radical (unpaired) electrons. The maximum absolute atomic E-state index is 13.1. The average Bonchev–Trinajstić information content (AvgIpc) is 2.42. The maximum Gasteiger partial charge on any atom is 0.257 e. The van der Waals surface area contributed by atoms with E-state index in [1.54, 1.807) is 25.4 Å². The molecule has 19 heavy (non-hydrogen) atoms. The molecule has 1 N–H and O–H groups in total. The van der Waals surface area contributed by atoms with Gasteiger partial charge in [0.1, 0.15) is 11.6 Å². The van der Waals surface area contributed by atoms with Gasteiger partial charge in [-0.25, -0.2) is 4.39 Å². The molecule has 0 atom stereocenters. The van der Waals surface area contributed by atoms with E-state index in [0.717, 1.165) is 18.2 Å². The van der Waals surface area contributed by atoms with Gasteiger partial charge in [-0.05, 0) is 30.3 Å². The van der Waals surface area contributed by atoms with Crippen LogP contribution in [0.4, 0.5) is 4.39 Å². The number of amides is 1. The van der Waals surface area contributed by atoms with Gasteiger partial charge in [0.2, 0.25) is 0 Å². The Labute approximate surface area is 110 Å². The van der Waals surface area contributed by atoms with Crippen LogP contribution in [-0.2, 0) is 6.54 Å². The van der Waals surface area contributed by atoms with Crippen LogP contribution in [-0.4, -0.2) is 27.9 Å². The molecule has 0 saturated carbocycles. The van der Waals surface area contributed by atoms with Crippen molar-refractivity contribution in [3.05, 3.63) is 59.7 Å². The molecule has 2 rings (SSSR count). The van der Waals surface area contributed by atoms with Crippen molar-refractivity contribution < 1.29 is 14.3 Å². The van der Waals surface area contributed by atoms with Gasteiger partial charge in [-0.3, -0.25) is 9.78 Å². The summed E-state index contributed by atoms with van der Waals surface area (Å²) < 4.78 is 13.1. The van der Waals surface area contributed by atoms with Gasteiger partial charge in [-0.2, -0.15) is 0 Å². The van der Waals surface area contributed by atoms with Crippen LogP contribution in [0.25, 0.3) is 0 Å². The monoisotopic (exact) mass is 260 g/mol. The molecule has 0 saturated heterocycles. The van der Waals surface area contributed by atoms with Gasteiger partial charge < -0.3 is 10.0 Å². The van der Waals surface area contributed by atoms with Crippen molar-refractivity contribution in [3.8, 4) is 5.75 Å². The predicted molar refractivity (Wildman–Crippen MR) is 68.1 cm³/mol. The third-order valence-corrected chi connectivity index (χ3v) is 2.66. The first-order valence-electron chi connectivity index (χ1n) is 5.72. The number of hydrogen-bond acceptors (Lipinski definition) is 3. The second-order valence-electron chi connectivity index (χ2n) is 4.14. The number of hydrogen-bond donors (Lipinski definition) is 1. The number of carbonyl (C=O) groups is 1. The number of pyridine rings is 1. The second kappa shape index (κ2) is 5.48. The van der Waals surface area contributed by atoms with Crippen molar-refractivity contribution in [1.29, 1.82) is 0 Å². The highest BCUT2D eigenvalue weighted by Gasteiger charge is 2.17. The van der Waals surface area contributed by atoms with Gasteiger partial charge in [-0.15, -0.1) is 0 Å². The number of nitrogens with zero attached hydrogens (tertiary/aromatic N) is 2. The van der Waals surface area contributed by atoms with Crippen LogP contribution in [0.1, 0.15) is 16.1 Å². The number of rotatable bonds is 3. The lowest BCUT2D eigenvalue weighted by molar-refractivity contribution is 0.0780. The first-order valence-corrected chi connectivity index (χ1v) is 5.72. The Balaban J connectivity index is 2.17. The van der Waals surface area contributed by atoms with E-state index in [9.17, 15) is 14.3 Å². The first-order chi connectivity index (χ1) is 9.08. The molecule has 4 nitrogen and oxygen atoms in total. The van der Waals surface area contributed by atoms with Crippen LogP contribution in [0.3, 0.4) is 0 Å². The van der Waals surface area contributed by atoms with E-state index >= 15 is 0 Å². The van der Waals surface area contributed by atoms with Crippen LogP contribution < -0.4 is 0 Å². The molecular formula is C14H13FN2O2. The second-order valence-corrected chi connectivity index (χ2v) is 4.14. The minimum atomic E-state index is -0.563. The molecule has 0 spiro atoms. The Bertz CT molecular complexity index is 587. The highest BCUT2D eigenvalue weighted by atomic mass is 19.1. The summed E-state index contributed by atoms with van der Waals surface area (Å²) in [6.45, 7) is 0.287. The van der Waals surface area contributed by atoms with Crippen LogP contribution in [0, 0.1) is 5.82 Å². The highest BCUT2D eigenvalue weighted by molar-refractivity contribution is 5.96. The molecule has 0 bridgehead atoms. The number of aromatic hydroxyl groups is 1. The standard InChI is InChI=1S/C14H13FN2O2/c1-17(9-11-4-2-3-7-16-11)14(19)12-8-10(15)5-6-13(12)18/h2-8,18H,9H2,1H3. The first kappa shape index (κ1) is 13.0. The van der Waals surface area contributed by atoms with E-state index in [2.05, 4.69) is 4.98 Å². The highest BCUT2D eigenvalue weighted by Crippen LogP contribution is 2.19. The van der Waals surface area contributed by atoms with Crippen LogP contribution in [0.15, 0.2) is 42.6 Å². The van der Waals surface area contributed by atoms with Crippen LogP contribution >= 0.6 is 0 Å². The largest absolute Gasteiger partial charge is 0.507 e. The topological polar surface area (TPSA) is 53.4 Å². The summed E-state index contributed by atoms with van der Waals surface area (Å²) in [4.78, 5) is 17.6. The summed E-state index contributed by atoms with van der Waals surface area (Å²) in [6.07, 6.45) is 1.63. The van der Waals surface area contributed by atoms with Crippen molar-refractivity contribution in [2.45, 2.75) is 6.54 Å². The van der Waals surface area contributed by atoms with Gasteiger partial charge >= 0.3 is 0 Å². The van der Waals surface area contributed by atoms with E-state index < -0.39 is 11.7 Å². The summed E-state index contributed by atoms with van der Waals surface area (Å²) in [6, 6.07) is 8.67. The molecule has 5 heteroatoms. The summed E-state index contributed by atoms with van der Waals surface area (Å²) in [7, 11) is 1.57. The number of halogens is 1. The van der Waals surface area contributed by atoms with Crippen molar-refractivity contribution in [2.75, 3.05) is 7.05 Å². The Morgan fingerprint density at radius 1 is 1.37 bits per heavy atom. The van der Waals surface area contributed by atoms with E-state index in [1.807, 2.05) is 6.07 Å². The Morgan fingerprint density at radius 3 is 2.84 bits per heavy atom. The maximum atomic E-state index is 13.1. The number of phenolic OH excluding ortho intramolecular Hbond substituents is 1. The fourth-order valence-electron chi connectivity index (χ4n) is 1.69. The minimum absolute atomic E-state index is 0.0570. The molecule has 0 fully saturated rings. The lowest BCUT2D eigenvalue weighted by Gasteiger charge is -2.17. The van der Waals surface area contributed by atoms with Crippen molar-refractivity contribution >= 4 is 5.91 Å². The minimum Gasteiger partial charge on any atom is -0.507 e. The number of phenols is 1. The molecule has 98 valence electrons. The summed E-state index contributed by atoms with van der Waals surface area (Å²) >= 11 is 0. The van der Waals surface area contributed by atoms with E-state index in [0.29, 0.717) is 5.69 Å². The van der Waals surface area contributed by atoms with E-state index in [-0.39, 0.29) is 17.9 Å². The Kier molecular flexibility index (Phi) is 3.75. The van der Waals surface area contributed by atoms with Gasteiger partial charge in [0, 0.05) is 13.2 Å². The molecule has 1 aromatic carbocycles. The zero-order valence-electron chi connectivity index (χ0n) is 10.4. The van der Waals surface area contributed by atoms with Crippen molar-refractivity contribution in [1.82, 2.24) is 9.88 Å². The molecule has 0 aliphatic rings. The van der Waals surface area contributed by atoms with Gasteiger partial charge in [0.25, 0.3) is 5.91 Å². The SMILES string of the molecule is CN(Cc1ccccn1)C(=O)c1cc(F)ccc1O. The quantitative estimate of drug-likeness (QED) is 0.920. The number of benzene rings is 1. The lowest BCUT2D eigenvalue weighted by atomic mass is 10.1. The number of aromatic nitrogens is 1. The summed E-state index contributed by atoms with van der Waals surface area (Å²) in [5.41, 5.74) is 0.660. The third kappa shape index (κ3) is 3.07. The molecule has 0 aliphatic carbocycles. The molecule has 0 unspecified atom stereocenters. The van der Waals surface area contributed by atoms with Gasteiger partial charge in [-0.1, -0.05) is 6.07 Å². The molecule has 2 aromatic rings. The number of carbonyl (C=O) groups excluding carboxylic acids is 1. The normalized spacial score (nSPS) is 10.2. The smallest absolute Gasteiger partial charge is 0.257 e. The summed E-state index contributed by atoms with van der Waals surface area (Å²) in [5, 5.41) is 9.59. The van der Waals surface area contributed by atoms with Crippen molar-refractivity contribution in [3.63, 3.8) is 0 Å². The van der Waals surface area contributed by atoms with Gasteiger partial charge in [0.15, 0.2) is 0 Å². The molecule has 0 aliphatic heterocycles. The molecular weight excluding hydrogens is 247 g/mol. The zero-order chi connectivity index (χ0) is 13.8.